The number of hydrogen-bond acceptors (Lipinski definition) is 4. The predicted octanol–water partition coefficient (Wildman–Crippen LogP) is 1.40. The summed E-state index contributed by atoms with van der Waals surface area (Å²) < 4.78 is 5.16. The van der Waals surface area contributed by atoms with E-state index in [1.165, 1.54) is 12.8 Å². The van der Waals surface area contributed by atoms with Gasteiger partial charge in [-0.15, -0.1) is 0 Å². The molecule has 4 nitrogen and oxygen atoms in total. The van der Waals surface area contributed by atoms with Crippen molar-refractivity contribution in [2.24, 2.45) is 5.73 Å². The van der Waals surface area contributed by atoms with Crippen molar-refractivity contribution < 1.29 is 4.52 Å². The van der Waals surface area contributed by atoms with Crippen molar-refractivity contribution in [2.75, 3.05) is 0 Å². The Morgan fingerprint density at radius 3 is 2.86 bits per heavy atom. The van der Waals surface area contributed by atoms with Gasteiger partial charge in [0, 0.05) is 17.9 Å². The van der Waals surface area contributed by atoms with Crippen LogP contribution in [0.3, 0.4) is 0 Å². The summed E-state index contributed by atoms with van der Waals surface area (Å²) in [5.41, 5.74) is 5.86. The largest absolute Gasteiger partial charge is 0.339 e. The first-order valence-electron chi connectivity index (χ1n) is 5.19. The molecule has 78 valence electrons. The second kappa shape index (κ2) is 3.35. The zero-order valence-electron chi connectivity index (χ0n) is 8.79. The Kier molecular flexibility index (Phi) is 2.31. The first kappa shape index (κ1) is 9.65. The Balaban J connectivity index is 1.96. The average molecular weight is 195 g/mol. The van der Waals surface area contributed by atoms with E-state index in [1.54, 1.807) is 0 Å². The fourth-order valence-electron chi connectivity index (χ4n) is 1.36. The molecule has 2 N–H and O–H groups in total. The van der Waals surface area contributed by atoms with Crippen LogP contribution in [0.4, 0.5) is 0 Å². The van der Waals surface area contributed by atoms with Crippen LogP contribution >= 0.6 is 0 Å². The molecule has 0 saturated heterocycles. The Morgan fingerprint density at radius 1 is 1.57 bits per heavy atom. The summed E-state index contributed by atoms with van der Waals surface area (Å²) in [5, 5.41) is 4.00. The number of aryl methyl sites for hydroxylation is 1. The second-order valence-corrected chi connectivity index (χ2v) is 4.59. The zero-order chi connectivity index (χ0) is 10.2. The van der Waals surface area contributed by atoms with Crippen molar-refractivity contribution in [2.45, 2.75) is 51.0 Å². The SMILES string of the molecule is CC(N)CCc1nc(C2(C)CC2)no1. The van der Waals surface area contributed by atoms with Crippen molar-refractivity contribution >= 4 is 0 Å². The van der Waals surface area contributed by atoms with Crippen molar-refractivity contribution in [1.29, 1.82) is 0 Å². The van der Waals surface area contributed by atoms with Crippen LogP contribution in [0.2, 0.25) is 0 Å². The van der Waals surface area contributed by atoms with E-state index in [-0.39, 0.29) is 11.5 Å². The van der Waals surface area contributed by atoms with Crippen molar-refractivity contribution in [1.82, 2.24) is 10.1 Å². The third-order valence-electron chi connectivity index (χ3n) is 2.82. The summed E-state index contributed by atoms with van der Waals surface area (Å²) in [6.07, 6.45) is 4.05. The molecule has 1 heterocycles. The highest BCUT2D eigenvalue weighted by atomic mass is 16.5. The molecule has 0 aromatic carbocycles. The summed E-state index contributed by atoms with van der Waals surface area (Å²) in [5.74, 6) is 1.60. The number of rotatable bonds is 4. The molecule has 14 heavy (non-hydrogen) atoms. The van der Waals surface area contributed by atoms with Crippen LogP contribution in [-0.4, -0.2) is 16.2 Å². The van der Waals surface area contributed by atoms with Gasteiger partial charge in [-0.3, -0.25) is 0 Å². The molecular weight excluding hydrogens is 178 g/mol. The van der Waals surface area contributed by atoms with E-state index in [0.717, 1.165) is 24.6 Å². The molecule has 1 aliphatic carbocycles. The monoisotopic (exact) mass is 195 g/mol. The van der Waals surface area contributed by atoms with Gasteiger partial charge in [-0.25, -0.2) is 0 Å². The van der Waals surface area contributed by atoms with Crippen LogP contribution in [0.1, 0.15) is 44.8 Å². The Labute approximate surface area is 83.9 Å². The van der Waals surface area contributed by atoms with E-state index in [9.17, 15) is 0 Å². The van der Waals surface area contributed by atoms with Crippen molar-refractivity contribution in [3.05, 3.63) is 11.7 Å². The molecule has 1 saturated carbocycles. The molecule has 2 rings (SSSR count). The highest BCUT2D eigenvalue weighted by molar-refractivity contribution is 5.14. The van der Waals surface area contributed by atoms with E-state index in [0.29, 0.717) is 0 Å². The van der Waals surface area contributed by atoms with Crippen molar-refractivity contribution in [3.63, 3.8) is 0 Å². The fourth-order valence-corrected chi connectivity index (χ4v) is 1.36. The molecule has 0 bridgehead atoms. The van der Waals surface area contributed by atoms with Gasteiger partial charge in [0.25, 0.3) is 0 Å². The van der Waals surface area contributed by atoms with E-state index in [4.69, 9.17) is 10.3 Å². The topological polar surface area (TPSA) is 64.9 Å². The van der Waals surface area contributed by atoms with Gasteiger partial charge in [0.15, 0.2) is 5.82 Å². The number of aromatic nitrogens is 2. The van der Waals surface area contributed by atoms with Gasteiger partial charge in [0.05, 0.1) is 0 Å². The molecule has 0 spiro atoms. The predicted molar refractivity (Wildman–Crippen MR) is 52.9 cm³/mol. The van der Waals surface area contributed by atoms with Gasteiger partial charge in [-0.1, -0.05) is 12.1 Å². The minimum Gasteiger partial charge on any atom is -0.339 e. The molecule has 0 amide bonds. The van der Waals surface area contributed by atoms with Crippen LogP contribution in [0, 0.1) is 0 Å². The molecule has 1 atom stereocenters. The maximum atomic E-state index is 5.66. The lowest BCUT2D eigenvalue weighted by molar-refractivity contribution is 0.364. The highest BCUT2D eigenvalue weighted by Gasteiger charge is 2.43. The second-order valence-electron chi connectivity index (χ2n) is 4.59. The normalized spacial score (nSPS) is 20.8. The maximum Gasteiger partial charge on any atom is 0.226 e. The molecule has 1 fully saturated rings. The van der Waals surface area contributed by atoms with E-state index in [1.807, 2.05) is 6.92 Å². The van der Waals surface area contributed by atoms with Crippen LogP contribution in [0.5, 0.6) is 0 Å². The third kappa shape index (κ3) is 1.95. The Bertz CT molecular complexity index is 315. The van der Waals surface area contributed by atoms with Gasteiger partial charge in [-0.05, 0) is 26.2 Å². The van der Waals surface area contributed by atoms with E-state index >= 15 is 0 Å². The van der Waals surface area contributed by atoms with Crippen LogP contribution in [-0.2, 0) is 11.8 Å². The van der Waals surface area contributed by atoms with Gasteiger partial charge >= 0.3 is 0 Å². The smallest absolute Gasteiger partial charge is 0.226 e. The average Bonchev–Trinajstić information content (AvgIpc) is 2.70. The minimum atomic E-state index is 0.196. The molecule has 1 aromatic heterocycles. The number of nitrogens with two attached hydrogens (primary N) is 1. The zero-order valence-corrected chi connectivity index (χ0v) is 8.79. The molecule has 0 aliphatic heterocycles. The Morgan fingerprint density at radius 2 is 2.29 bits per heavy atom. The molecule has 1 aromatic rings. The molecule has 1 aliphatic rings. The lowest BCUT2D eigenvalue weighted by atomic mass is 10.1. The summed E-state index contributed by atoms with van der Waals surface area (Å²) in [4.78, 5) is 4.38. The Hall–Kier alpha value is -0.900. The maximum absolute atomic E-state index is 5.66. The first-order valence-corrected chi connectivity index (χ1v) is 5.19. The highest BCUT2D eigenvalue weighted by Crippen LogP contribution is 2.45. The molecule has 4 heteroatoms. The van der Waals surface area contributed by atoms with Gasteiger partial charge < -0.3 is 10.3 Å². The quantitative estimate of drug-likeness (QED) is 0.788. The first-order chi connectivity index (χ1) is 6.60. The molecular formula is C10H17N3O. The van der Waals surface area contributed by atoms with Crippen molar-refractivity contribution in [3.8, 4) is 0 Å². The van der Waals surface area contributed by atoms with Gasteiger partial charge in [0.2, 0.25) is 5.89 Å². The van der Waals surface area contributed by atoms with E-state index in [2.05, 4.69) is 17.1 Å². The van der Waals surface area contributed by atoms with Gasteiger partial charge in [0.1, 0.15) is 0 Å². The molecule has 1 unspecified atom stereocenters. The summed E-state index contributed by atoms with van der Waals surface area (Å²) >= 11 is 0. The lowest BCUT2D eigenvalue weighted by Crippen LogP contribution is -2.15. The summed E-state index contributed by atoms with van der Waals surface area (Å²) in [7, 11) is 0. The third-order valence-corrected chi connectivity index (χ3v) is 2.82. The van der Waals surface area contributed by atoms with Crippen LogP contribution in [0.15, 0.2) is 4.52 Å². The number of hydrogen-bond donors (Lipinski definition) is 1. The van der Waals surface area contributed by atoms with Crippen LogP contribution < -0.4 is 5.73 Å². The standard InChI is InChI=1S/C10H17N3O/c1-7(11)3-4-8-12-9(13-14-8)10(2)5-6-10/h7H,3-6,11H2,1-2H3. The fraction of sp³-hybridized carbons (Fsp3) is 0.800. The molecule has 0 radical (unpaired) electrons. The summed E-state index contributed by atoms with van der Waals surface area (Å²) in [6, 6.07) is 0.196. The van der Waals surface area contributed by atoms with Gasteiger partial charge in [-0.2, -0.15) is 4.98 Å². The van der Waals surface area contributed by atoms with Crippen LogP contribution in [0.25, 0.3) is 0 Å². The summed E-state index contributed by atoms with van der Waals surface area (Å²) in [6.45, 7) is 4.16. The lowest BCUT2D eigenvalue weighted by Gasteiger charge is -2.00. The minimum absolute atomic E-state index is 0.196. The number of nitrogens with zero attached hydrogens (tertiary/aromatic N) is 2. The van der Waals surface area contributed by atoms with E-state index < -0.39 is 0 Å².